The molecule has 1 saturated carbocycles. The van der Waals surface area contributed by atoms with Crippen LogP contribution in [0.4, 0.5) is 5.69 Å². The smallest absolute Gasteiger partial charge is 0.312 e. The minimum absolute atomic E-state index is 0.0327. The highest BCUT2D eigenvalue weighted by Gasteiger charge is 2.63. The Kier molecular flexibility index (Phi) is 2.40. The van der Waals surface area contributed by atoms with Gasteiger partial charge in [0.05, 0.1) is 12.0 Å². The van der Waals surface area contributed by atoms with Crippen molar-refractivity contribution in [1.82, 2.24) is 0 Å². The SMILES string of the molecule is CNc1cc(C2CC23CCOC3=O)ccc1C=N. The number of esters is 1. The zero-order valence-electron chi connectivity index (χ0n) is 10.3. The van der Waals surface area contributed by atoms with E-state index < -0.39 is 0 Å². The topological polar surface area (TPSA) is 62.2 Å². The third-order valence-corrected chi connectivity index (χ3v) is 4.17. The van der Waals surface area contributed by atoms with Crippen LogP contribution in [0.25, 0.3) is 0 Å². The van der Waals surface area contributed by atoms with Gasteiger partial charge in [-0.05, 0) is 24.5 Å². The van der Waals surface area contributed by atoms with Crippen molar-refractivity contribution in [1.29, 1.82) is 5.41 Å². The maximum Gasteiger partial charge on any atom is 0.312 e. The molecule has 1 spiro atoms. The van der Waals surface area contributed by atoms with Crippen LogP contribution in [0, 0.1) is 10.8 Å². The first-order valence-corrected chi connectivity index (χ1v) is 6.21. The first kappa shape index (κ1) is 11.3. The summed E-state index contributed by atoms with van der Waals surface area (Å²) in [6.07, 6.45) is 3.08. The summed E-state index contributed by atoms with van der Waals surface area (Å²) in [6.45, 7) is 0.562. The summed E-state index contributed by atoms with van der Waals surface area (Å²) in [7, 11) is 1.85. The van der Waals surface area contributed by atoms with Crippen LogP contribution >= 0.6 is 0 Å². The maximum atomic E-state index is 11.7. The number of benzene rings is 1. The van der Waals surface area contributed by atoms with Crippen LogP contribution in [0.15, 0.2) is 18.2 Å². The van der Waals surface area contributed by atoms with Gasteiger partial charge in [-0.1, -0.05) is 12.1 Å². The molecule has 2 atom stereocenters. The molecule has 1 aromatic carbocycles. The van der Waals surface area contributed by atoms with E-state index in [0.717, 1.165) is 24.1 Å². The van der Waals surface area contributed by atoms with Gasteiger partial charge in [-0.2, -0.15) is 0 Å². The lowest BCUT2D eigenvalue weighted by Gasteiger charge is -2.09. The van der Waals surface area contributed by atoms with Gasteiger partial charge in [-0.3, -0.25) is 4.79 Å². The minimum atomic E-state index is -0.239. The number of cyclic esters (lactones) is 1. The Morgan fingerprint density at radius 3 is 3.00 bits per heavy atom. The summed E-state index contributed by atoms with van der Waals surface area (Å²) in [4.78, 5) is 11.7. The summed E-state index contributed by atoms with van der Waals surface area (Å²) in [5.74, 6) is 0.258. The highest BCUT2D eigenvalue weighted by molar-refractivity contribution is 5.87. The van der Waals surface area contributed by atoms with Crippen LogP contribution in [0.3, 0.4) is 0 Å². The van der Waals surface area contributed by atoms with Gasteiger partial charge in [0.1, 0.15) is 0 Å². The van der Waals surface area contributed by atoms with Crippen molar-refractivity contribution in [2.75, 3.05) is 19.0 Å². The average molecular weight is 244 g/mol. The fraction of sp³-hybridized carbons (Fsp3) is 0.429. The second-order valence-corrected chi connectivity index (χ2v) is 5.04. The predicted molar refractivity (Wildman–Crippen MR) is 69.2 cm³/mol. The number of hydrogen-bond acceptors (Lipinski definition) is 4. The third kappa shape index (κ3) is 1.45. The van der Waals surface area contributed by atoms with Crippen molar-refractivity contribution in [3.8, 4) is 0 Å². The van der Waals surface area contributed by atoms with E-state index in [9.17, 15) is 4.79 Å². The van der Waals surface area contributed by atoms with Crippen LogP contribution < -0.4 is 5.32 Å². The fourth-order valence-corrected chi connectivity index (χ4v) is 2.95. The van der Waals surface area contributed by atoms with E-state index in [4.69, 9.17) is 10.1 Å². The summed E-state index contributed by atoms with van der Waals surface area (Å²) in [5, 5.41) is 10.4. The Labute approximate surface area is 106 Å². The van der Waals surface area contributed by atoms with Gasteiger partial charge in [-0.25, -0.2) is 0 Å². The quantitative estimate of drug-likeness (QED) is 0.632. The molecule has 0 bridgehead atoms. The predicted octanol–water partition coefficient (Wildman–Crippen LogP) is 2.15. The number of rotatable bonds is 3. The lowest BCUT2D eigenvalue weighted by Crippen LogP contribution is -2.10. The molecule has 4 nitrogen and oxygen atoms in total. The molecular weight excluding hydrogens is 228 g/mol. The lowest BCUT2D eigenvalue weighted by atomic mass is 9.96. The summed E-state index contributed by atoms with van der Waals surface area (Å²) >= 11 is 0. The highest BCUT2D eigenvalue weighted by Crippen LogP contribution is 2.64. The fourth-order valence-electron chi connectivity index (χ4n) is 2.95. The second kappa shape index (κ2) is 3.83. The van der Waals surface area contributed by atoms with E-state index in [1.807, 2.05) is 25.2 Å². The minimum Gasteiger partial charge on any atom is -0.465 e. The molecule has 94 valence electrons. The molecule has 18 heavy (non-hydrogen) atoms. The lowest BCUT2D eigenvalue weighted by molar-refractivity contribution is -0.142. The molecule has 0 aromatic heterocycles. The first-order valence-electron chi connectivity index (χ1n) is 6.21. The molecule has 2 N–H and O–H groups in total. The molecule has 1 aromatic rings. The van der Waals surface area contributed by atoms with Crippen molar-refractivity contribution in [2.45, 2.75) is 18.8 Å². The second-order valence-electron chi connectivity index (χ2n) is 5.04. The van der Waals surface area contributed by atoms with Gasteiger partial charge in [0.2, 0.25) is 0 Å². The number of anilines is 1. The zero-order chi connectivity index (χ0) is 12.8. The Hall–Kier alpha value is -1.84. The number of ether oxygens (including phenoxy) is 1. The van der Waals surface area contributed by atoms with Gasteiger partial charge in [-0.15, -0.1) is 0 Å². The van der Waals surface area contributed by atoms with E-state index in [2.05, 4.69) is 5.32 Å². The van der Waals surface area contributed by atoms with Gasteiger partial charge < -0.3 is 15.5 Å². The molecule has 1 heterocycles. The Morgan fingerprint density at radius 2 is 2.39 bits per heavy atom. The standard InChI is InChI=1S/C14H16N2O2/c1-16-12-6-9(2-3-10(12)8-15)11-7-14(11)4-5-18-13(14)17/h2-3,6,8,11,15-16H,4-5,7H2,1H3. The number of hydrogen-bond donors (Lipinski definition) is 2. The molecule has 1 aliphatic carbocycles. The van der Waals surface area contributed by atoms with E-state index >= 15 is 0 Å². The van der Waals surface area contributed by atoms with E-state index in [1.165, 1.54) is 11.8 Å². The summed E-state index contributed by atoms with van der Waals surface area (Å²) in [5.41, 5.74) is 2.74. The molecule has 4 heteroatoms. The van der Waals surface area contributed by atoms with Crippen LogP contribution in [-0.2, 0) is 9.53 Å². The normalized spacial score (nSPS) is 29.2. The van der Waals surface area contributed by atoms with Crippen molar-refractivity contribution in [2.24, 2.45) is 5.41 Å². The van der Waals surface area contributed by atoms with Gasteiger partial charge in [0, 0.05) is 30.4 Å². The average Bonchev–Trinajstić information content (AvgIpc) is 3.02. The van der Waals surface area contributed by atoms with Crippen LogP contribution in [0.5, 0.6) is 0 Å². The molecule has 0 amide bonds. The van der Waals surface area contributed by atoms with Crippen LogP contribution in [0.1, 0.15) is 29.9 Å². The molecule has 2 unspecified atom stereocenters. The maximum absolute atomic E-state index is 11.7. The highest BCUT2D eigenvalue weighted by atomic mass is 16.5. The van der Waals surface area contributed by atoms with Crippen molar-refractivity contribution < 1.29 is 9.53 Å². The number of nitrogens with one attached hydrogen (secondary N) is 2. The molecule has 1 aliphatic heterocycles. The van der Waals surface area contributed by atoms with E-state index in [0.29, 0.717) is 12.5 Å². The van der Waals surface area contributed by atoms with Crippen LogP contribution in [-0.4, -0.2) is 25.8 Å². The number of carbonyl (C=O) groups is 1. The van der Waals surface area contributed by atoms with Crippen molar-refractivity contribution in [3.63, 3.8) is 0 Å². The van der Waals surface area contributed by atoms with Gasteiger partial charge >= 0.3 is 5.97 Å². The van der Waals surface area contributed by atoms with E-state index in [1.54, 1.807) is 0 Å². The molecule has 0 radical (unpaired) electrons. The molecule has 2 aliphatic rings. The molecule has 3 rings (SSSR count). The monoisotopic (exact) mass is 244 g/mol. The summed E-state index contributed by atoms with van der Waals surface area (Å²) < 4.78 is 5.09. The molecular formula is C14H16N2O2. The Bertz CT molecular complexity index is 527. The van der Waals surface area contributed by atoms with Gasteiger partial charge in [0.25, 0.3) is 0 Å². The first-order chi connectivity index (χ1) is 8.71. The Balaban J connectivity index is 1.91. The molecule has 2 fully saturated rings. The zero-order valence-corrected chi connectivity index (χ0v) is 10.3. The number of carbonyl (C=O) groups excluding carboxylic acids is 1. The van der Waals surface area contributed by atoms with Crippen molar-refractivity contribution >= 4 is 17.9 Å². The summed E-state index contributed by atoms with van der Waals surface area (Å²) in [6, 6.07) is 6.00. The largest absolute Gasteiger partial charge is 0.465 e. The van der Waals surface area contributed by atoms with Crippen LogP contribution in [0.2, 0.25) is 0 Å². The van der Waals surface area contributed by atoms with E-state index in [-0.39, 0.29) is 11.4 Å². The Morgan fingerprint density at radius 1 is 1.56 bits per heavy atom. The third-order valence-electron chi connectivity index (χ3n) is 4.17. The van der Waals surface area contributed by atoms with Gasteiger partial charge in [0.15, 0.2) is 0 Å². The molecule has 1 saturated heterocycles. The van der Waals surface area contributed by atoms with Crippen molar-refractivity contribution in [3.05, 3.63) is 29.3 Å².